The van der Waals surface area contributed by atoms with E-state index in [2.05, 4.69) is 17.4 Å². The van der Waals surface area contributed by atoms with Crippen LogP contribution in [0.15, 0.2) is 82.0 Å². The third-order valence-corrected chi connectivity index (χ3v) is 9.49. The molecule has 2 aliphatic heterocycles. The number of halogens is 1. The Bertz CT molecular complexity index is 1850. The van der Waals surface area contributed by atoms with Crippen molar-refractivity contribution in [1.82, 2.24) is 15.1 Å². The van der Waals surface area contributed by atoms with Crippen molar-refractivity contribution in [2.45, 2.75) is 50.6 Å². The molecule has 6 rings (SSSR count). The Labute approximate surface area is 279 Å². The molecule has 1 atom stereocenters. The summed E-state index contributed by atoms with van der Waals surface area (Å²) in [6.45, 7) is 2.48. The van der Waals surface area contributed by atoms with Gasteiger partial charge in [0.25, 0.3) is 5.91 Å². The number of likely N-dealkylation sites (tertiary alicyclic amines) is 2. The Balaban J connectivity index is 1.18. The molecule has 4 aromatic rings. The molecule has 0 saturated carbocycles. The zero-order valence-electron chi connectivity index (χ0n) is 26.7. The number of piperidine rings is 1. The molecule has 3 aromatic carbocycles. The minimum absolute atomic E-state index is 0.152. The summed E-state index contributed by atoms with van der Waals surface area (Å²) < 4.78 is 5.86. The number of carbonyl (C=O) groups excluding carboxylic acids is 3. The predicted molar refractivity (Wildman–Crippen MR) is 183 cm³/mol. The van der Waals surface area contributed by atoms with Crippen molar-refractivity contribution < 1.29 is 18.8 Å². The van der Waals surface area contributed by atoms with E-state index in [4.69, 9.17) is 16.0 Å². The molecule has 2 fully saturated rings. The molecule has 2 saturated heterocycles. The van der Waals surface area contributed by atoms with Gasteiger partial charge in [-0.1, -0.05) is 48.0 Å². The second-order valence-corrected chi connectivity index (χ2v) is 13.1. The van der Waals surface area contributed by atoms with Gasteiger partial charge in [-0.2, -0.15) is 0 Å². The van der Waals surface area contributed by atoms with Gasteiger partial charge in [-0.15, -0.1) is 0 Å². The SMILES string of the molecule is CN(C)c1ccc2oc(C(=O)N[C@@H](Cc3ccc(Cl)cc3)C(=O)N3CCC(c4ccccc4CN4CCCC4=O)CC3)cc(=O)c2c1. The molecule has 3 amide bonds. The number of hydrogen-bond donors (Lipinski definition) is 1. The summed E-state index contributed by atoms with van der Waals surface area (Å²) in [4.78, 5) is 58.5. The minimum atomic E-state index is -0.884. The fraction of sp³-hybridized carbons (Fsp3) is 0.351. The number of benzene rings is 3. The second kappa shape index (κ2) is 14.0. The standard InChI is InChI=1S/C37H39ClN4O5/c1-40(2)28-13-14-33-30(21-28)32(43)22-34(47-33)36(45)39-31(20-24-9-11-27(38)12-10-24)37(46)41-18-15-25(16-19-41)29-7-4-3-6-26(29)23-42-17-5-8-35(42)44/h3-4,6-7,9-14,21-22,25,31H,5,8,15-20,23H2,1-2H3,(H,39,45)/t31-/m0/s1. The van der Waals surface area contributed by atoms with E-state index in [1.54, 1.807) is 24.3 Å². The van der Waals surface area contributed by atoms with Gasteiger partial charge >= 0.3 is 0 Å². The van der Waals surface area contributed by atoms with Crippen LogP contribution in [0.3, 0.4) is 0 Å². The predicted octanol–water partition coefficient (Wildman–Crippen LogP) is 5.38. The molecule has 244 valence electrons. The molecule has 1 aromatic heterocycles. The first-order valence-electron chi connectivity index (χ1n) is 16.1. The van der Waals surface area contributed by atoms with Gasteiger partial charge in [-0.3, -0.25) is 19.2 Å². The van der Waals surface area contributed by atoms with Gasteiger partial charge in [0.05, 0.1) is 5.39 Å². The molecule has 2 aliphatic rings. The Hall–Kier alpha value is -4.63. The minimum Gasteiger partial charge on any atom is -0.451 e. The summed E-state index contributed by atoms with van der Waals surface area (Å²) in [6.07, 6.45) is 3.30. The van der Waals surface area contributed by atoms with Crippen molar-refractivity contribution in [2.75, 3.05) is 38.6 Å². The number of fused-ring (bicyclic) bond motifs is 1. The van der Waals surface area contributed by atoms with Crippen molar-refractivity contribution in [3.63, 3.8) is 0 Å². The number of nitrogens with zero attached hydrogens (tertiary/aromatic N) is 3. The summed E-state index contributed by atoms with van der Waals surface area (Å²) >= 11 is 6.11. The molecule has 0 unspecified atom stereocenters. The molecular formula is C37H39ClN4O5. The second-order valence-electron chi connectivity index (χ2n) is 12.6. The zero-order chi connectivity index (χ0) is 33.1. The first-order valence-corrected chi connectivity index (χ1v) is 16.5. The van der Waals surface area contributed by atoms with Gasteiger partial charge in [0.2, 0.25) is 11.8 Å². The van der Waals surface area contributed by atoms with Gasteiger partial charge < -0.3 is 24.4 Å². The average molecular weight is 655 g/mol. The maximum Gasteiger partial charge on any atom is 0.287 e. The van der Waals surface area contributed by atoms with Crippen molar-refractivity contribution in [1.29, 1.82) is 0 Å². The van der Waals surface area contributed by atoms with E-state index in [0.717, 1.165) is 42.6 Å². The van der Waals surface area contributed by atoms with Crippen LogP contribution in [0.1, 0.15) is 58.8 Å². The van der Waals surface area contributed by atoms with Crippen molar-refractivity contribution >= 4 is 46.0 Å². The zero-order valence-corrected chi connectivity index (χ0v) is 27.5. The maximum absolute atomic E-state index is 14.0. The number of nitrogens with one attached hydrogen (secondary N) is 1. The van der Waals surface area contributed by atoms with Gasteiger partial charge in [0.15, 0.2) is 11.2 Å². The first-order chi connectivity index (χ1) is 22.7. The molecule has 0 radical (unpaired) electrons. The normalized spacial score (nSPS) is 16.0. The molecule has 0 aliphatic carbocycles. The smallest absolute Gasteiger partial charge is 0.287 e. The van der Waals surface area contributed by atoms with Gasteiger partial charge in [-0.05, 0) is 72.2 Å². The molecule has 47 heavy (non-hydrogen) atoms. The highest BCUT2D eigenvalue weighted by molar-refractivity contribution is 6.30. The van der Waals surface area contributed by atoms with Crippen LogP contribution in [-0.4, -0.2) is 67.3 Å². The van der Waals surface area contributed by atoms with Crippen molar-refractivity contribution in [3.05, 3.63) is 110 Å². The highest BCUT2D eigenvalue weighted by Gasteiger charge is 2.32. The molecular weight excluding hydrogens is 616 g/mol. The Kier molecular flexibility index (Phi) is 9.63. The van der Waals surface area contributed by atoms with Crippen LogP contribution in [-0.2, 0) is 22.6 Å². The number of carbonyl (C=O) groups is 3. The fourth-order valence-electron chi connectivity index (χ4n) is 6.60. The third kappa shape index (κ3) is 7.36. The van der Waals surface area contributed by atoms with Crippen LogP contribution >= 0.6 is 11.6 Å². The molecule has 0 spiro atoms. The first kappa shape index (κ1) is 32.3. The van der Waals surface area contributed by atoms with Crippen LogP contribution < -0.4 is 15.6 Å². The average Bonchev–Trinajstić information content (AvgIpc) is 3.48. The Morgan fingerprint density at radius 3 is 2.43 bits per heavy atom. The van der Waals surface area contributed by atoms with E-state index in [0.29, 0.717) is 42.0 Å². The van der Waals surface area contributed by atoms with Crippen LogP contribution in [0, 0.1) is 0 Å². The molecule has 9 nitrogen and oxygen atoms in total. The number of anilines is 1. The van der Waals surface area contributed by atoms with Gasteiger partial charge in [0.1, 0.15) is 11.6 Å². The largest absolute Gasteiger partial charge is 0.451 e. The van der Waals surface area contributed by atoms with Crippen LogP contribution in [0.25, 0.3) is 11.0 Å². The third-order valence-electron chi connectivity index (χ3n) is 9.24. The maximum atomic E-state index is 14.0. The lowest BCUT2D eigenvalue weighted by Crippen LogP contribution is -2.51. The van der Waals surface area contributed by atoms with E-state index in [-0.39, 0.29) is 35.3 Å². The highest BCUT2D eigenvalue weighted by Crippen LogP contribution is 2.32. The number of amides is 3. The van der Waals surface area contributed by atoms with E-state index >= 15 is 0 Å². The Morgan fingerprint density at radius 1 is 0.979 bits per heavy atom. The summed E-state index contributed by atoms with van der Waals surface area (Å²) in [5, 5.41) is 3.82. The van der Waals surface area contributed by atoms with E-state index < -0.39 is 11.9 Å². The number of rotatable bonds is 9. The topological polar surface area (TPSA) is 103 Å². The van der Waals surface area contributed by atoms with Crippen molar-refractivity contribution in [2.24, 2.45) is 0 Å². The lowest BCUT2D eigenvalue weighted by atomic mass is 9.86. The lowest BCUT2D eigenvalue weighted by Gasteiger charge is -2.35. The molecule has 3 heterocycles. The van der Waals surface area contributed by atoms with Gasteiger partial charge in [-0.25, -0.2) is 0 Å². The van der Waals surface area contributed by atoms with E-state index in [1.807, 2.05) is 59.1 Å². The summed E-state index contributed by atoms with van der Waals surface area (Å²) in [7, 11) is 3.76. The van der Waals surface area contributed by atoms with E-state index in [9.17, 15) is 19.2 Å². The fourth-order valence-corrected chi connectivity index (χ4v) is 6.73. The van der Waals surface area contributed by atoms with Crippen LogP contribution in [0.5, 0.6) is 0 Å². The summed E-state index contributed by atoms with van der Waals surface area (Å²) in [5.74, 6) is -0.511. The molecule has 1 N–H and O–H groups in total. The lowest BCUT2D eigenvalue weighted by molar-refractivity contribution is -0.134. The van der Waals surface area contributed by atoms with Crippen LogP contribution in [0.2, 0.25) is 5.02 Å². The Morgan fingerprint density at radius 2 is 1.72 bits per heavy atom. The highest BCUT2D eigenvalue weighted by atomic mass is 35.5. The summed E-state index contributed by atoms with van der Waals surface area (Å²) in [6, 6.07) is 21.0. The quantitative estimate of drug-likeness (QED) is 0.260. The van der Waals surface area contributed by atoms with Gasteiger partial charge in [0, 0.05) is 69.9 Å². The monoisotopic (exact) mass is 654 g/mol. The van der Waals surface area contributed by atoms with E-state index in [1.165, 1.54) is 11.6 Å². The van der Waals surface area contributed by atoms with Crippen molar-refractivity contribution in [3.8, 4) is 0 Å². The molecule has 0 bridgehead atoms. The molecule has 10 heteroatoms. The summed E-state index contributed by atoms with van der Waals surface area (Å²) in [5.41, 5.74) is 4.03. The number of hydrogen-bond acceptors (Lipinski definition) is 6. The van der Waals surface area contributed by atoms with Crippen LogP contribution in [0.4, 0.5) is 5.69 Å².